The van der Waals surface area contributed by atoms with Gasteiger partial charge in [-0.2, -0.15) is 5.10 Å². The number of aromatic nitrogens is 4. The number of ether oxygens (including phenoxy) is 1. The Morgan fingerprint density at radius 1 is 1.50 bits per heavy atom. The number of aryl methyl sites for hydroxylation is 2. The number of hydrogen-bond acceptors (Lipinski definition) is 6. The van der Waals surface area contributed by atoms with Gasteiger partial charge in [0.15, 0.2) is 5.82 Å². The molecule has 2 aromatic rings. The van der Waals surface area contributed by atoms with E-state index in [0.717, 1.165) is 12.1 Å². The first-order valence-corrected chi connectivity index (χ1v) is 8.67. The number of carbonyl (C=O) groups is 1. The Kier molecular flexibility index (Phi) is 5.36. The lowest BCUT2D eigenvalue weighted by molar-refractivity contribution is -0.0174. The van der Waals surface area contributed by atoms with Crippen molar-refractivity contribution in [2.45, 2.75) is 19.4 Å². The summed E-state index contributed by atoms with van der Waals surface area (Å²) in [5.74, 6) is 0.257. The zero-order chi connectivity index (χ0) is 18.7. The maximum absolute atomic E-state index is 12.6. The number of anilines is 1. The fourth-order valence-electron chi connectivity index (χ4n) is 2.97. The first-order valence-electron chi connectivity index (χ1n) is 8.67. The summed E-state index contributed by atoms with van der Waals surface area (Å²) >= 11 is 0. The lowest BCUT2D eigenvalue weighted by Crippen LogP contribution is -2.50. The van der Waals surface area contributed by atoms with E-state index in [1.807, 2.05) is 6.92 Å². The van der Waals surface area contributed by atoms with Gasteiger partial charge in [0.05, 0.1) is 12.7 Å². The van der Waals surface area contributed by atoms with Crippen LogP contribution in [-0.4, -0.2) is 69.9 Å². The van der Waals surface area contributed by atoms with Crippen LogP contribution in [0.3, 0.4) is 0 Å². The van der Waals surface area contributed by atoms with Crippen LogP contribution in [0.15, 0.2) is 23.3 Å². The fraction of sp³-hybridized carbons (Fsp3) is 0.529. The van der Waals surface area contributed by atoms with E-state index >= 15 is 0 Å². The second-order valence-electron chi connectivity index (χ2n) is 6.42. The second-order valence-corrected chi connectivity index (χ2v) is 6.42. The molecule has 0 aromatic carbocycles. The van der Waals surface area contributed by atoms with E-state index in [9.17, 15) is 9.59 Å². The van der Waals surface area contributed by atoms with Crippen LogP contribution in [0.1, 0.15) is 23.1 Å². The van der Waals surface area contributed by atoms with Crippen molar-refractivity contribution in [2.75, 3.05) is 38.2 Å². The molecule has 9 heteroatoms. The Morgan fingerprint density at radius 2 is 2.31 bits per heavy atom. The molecule has 0 saturated carbocycles. The van der Waals surface area contributed by atoms with Crippen molar-refractivity contribution in [1.29, 1.82) is 0 Å². The minimum atomic E-state index is -0.200. The molecule has 0 unspecified atom stereocenters. The summed E-state index contributed by atoms with van der Waals surface area (Å²) in [7, 11) is 3.49. The molecule has 1 N–H and O–H groups in total. The molecule has 0 spiro atoms. The first kappa shape index (κ1) is 18.1. The molecule has 1 fully saturated rings. The number of morpholine rings is 1. The van der Waals surface area contributed by atoms with Crippen molar-refractivity contribution in [3.8, 4) is 0 Å². The molecule has 1 aliphatic heterocycles. The van der Waals surface area contributed by atoms with E-state index < -0.39 is 0 Å². The Labute approximate surface area is 151 Å². The third-order valence-corrected chi connectivity index (χ3v) is 4.49. The third kappa shape index (κ3) is 3.77. The Hall–Kier alpha value is -2.68. The molecule has 1 aliphatic rings. The number of nitrogens with one attached hydrogen (secondary N) is 1. The summed E-state index contributed by atoms with van der Waals surface area (Å²) < 4.78 is 7.27. The quantitative estimate of drug-likeness (QED) is 0.809. The van der Waals surface area contributed by atoms with E-state index in [0.29, 0.717) is 37.8 Å². The molecule has 26 heavy (non-hydrogen) atoms. The van der Waals surface area contributed by atoms with Gasteiger partial charge < -0.3 is 19.1 Å². The van der Waals surface area contributed by atoms with Gasteiger partial charge in [-0.1, -0.05) is 6.92 Å². The maximum atomic E-state index is 12.6. The van der Waals surface area contributed by atoms with Gasteiger partial charge >= 0.3 is 0 Å². The maximum Gasteiger partial charge on any atom is 0.293 e. The first-order chi connectivity index (χ1) is 12.5. The molecule has 3 heterocycles. The highest BCUT2D eigenvalue weighted by molar-refractivity contribution is 5.92. The van der Waals surface area contributed by atoms with E-state index in [2.05, 4.69) is 15.2 Å². The van der Waals surface area contributed by atoms with Gasteiger partial charge in [-0.3, -0.25) is 14.7 Å². The molecule has 0 radical (unpaired) electrons. The summed E-state index contributed by atoms with van der Waals surface area (Å²) in [4.78, 5) is 32.5. The zero-order valence-corrected chi connectivity index (χ0v) is 15.3. The summed E-state index contributed by atoms with van der Waals surface area (Å²) in [6, 6.07) is 1.79. The minimum absolute atomic E-state index is 0.106. The number of rotatable bonds is 5. The highest BCUT2D eigenvalue weighted by Crippen LogP contribution is 2.12. The van der Waals surface area contributed by atoms with E-state index in [4.69, 9.17) is 4.74 Å². The van der Waals surface area contributed by atoms with Gasteiger partial charge in [-0.15, -0.1) is 0 Å². The van der Waals surface area contributed by atoms with Crippen LogP contribution >= 0.6 is 0 Å². The Bertz CT molecular complexity index is 830. The predicted molar refractivity (Wildman–Crippen MR) is 96.4 cm³/mol. The van der Waals surface area contributed by atoms with E-state index in [1.54, 1.807) is 42.4 Å². The molecule has 1 saturated heterocycles. The number of likely N-dealkylation sites (N-methyl/N-ethyl adjacent to an activating group) is 1. The molecule has 2 aromatic heterocycles. The number of aromatic amines is 1. The SMILES string of the molecule is CCc1cc(C(=O)N2CCO[C@@H](CN(C)c3nccn(C)c3=O)C2)n[nH]1. The van der Waals surface area contributed by atoms with E-state index in [1.165, 1.54) is 4.57 Å². The van der Waals surface area contributed by atoms with Crippen molar-refractivity contribution in [2.24, 2.45) is 7.05 Å². The monoisotopic (exact) mass is 360 g/mol. The lowest BCUT2D eigenvalue weighted by Gasteiger charge is -2.34. The average Bonchev–Trinajstić information content (AvgIpc) is 3.12. The van der Waals surface area contributed by atoms with Crippen molar-refractivity contribution >= 4 is 11.7 Å². The minimum Gasteiger partial charge on any atom is -0.373 e. The largest absolute Gasteiger partial charge is 0.373 e. The van der Waals surface area contributed by atoms with Crippen LogP contribution < -0.4 is 10.5 Å². The summed E-state index contributed by atoms with van der Waals surface area (Å²) in [6.07, 6.45) is 3.81. The third-order valence-electron chi connectivity index (χ3n) is 4.49. The van der Waals surface area contributed by atoms with Crippen molar-refractivity contribution in [3.05, 3.63) is 40.2 Å². The number of hydrogen-bond donors (Lipinski definition) is 1. The van der Waals surface area contributed by atoms with Gasteiger partial charge in [-0.05, 0) is 12.5 Å². The van der Waals surface area contributed by atoms with Crippen LogP contribution in [0.2, 0.25) is 0 Å². The highest BCUT2D eigenvalue weighted by atomic mass is 16.5. The van der Waals surface area contributed by atoms with Crippen molar-refractivity contribution in [1.82, 2.24) is 24.6 Å². The molecule has 1 amide bonds. The lowest BCUT2D eigenvalue weighted by atomic mass is 10.2. The van der Waals surface area contributed by atoms with Crippen LogP contribution in [0.25, 0.3) is 0 Å². The predicted octanol–water partition coefficient (Wildman–Crippen LogP) is 0.0432. The number of nitrogens with zero attached hydrogens (tertiary/aromatic N) is 5. The summed E-state index contributed by atoms with van der Waals surface area (Å²) in [6.45, 7) is 3.90. The number of carbonyl (C=O) groups excluding carboxylic acids is 1. The summed E-state index contributed by atoms with van der Waals surface area (Å²) in [5, 5.41) is 6.97. The number of H-pyrrole nitrogens is 1. The topological polar surface area (TPSA) is 96.3 Å². The van der Waals surface area contributed by atoms with Gasteiger partial charge in [0.2, 0.25) is 0 Å². The summed E-state index contributed by atoms with van der Waals surface area (Å²) in [5.41, 5.74) is 1.20. The van der Waals surface area contributed by atoms with Gasteiger partial charge in [0.1, 0.15) is 5.69 Å². The number of amides is 1. The fourth-order valence-corrected chi connectivity index (χ4v) is 2.97. The highest BCUT2D eigenvalue weighted by Gasteiger charge is 2.27. The molecule has 140 valence electrons. The van der Waals surface area contributed by atoms with Gasteiger partial charge in [-0.25, -0.2) is 4.98 Å². The van der Waals surface area contributed by atoms with Gasteiger partial charge in [0.25, 0.3) is 11.5 Å². The van der Waals surface area contributed by atoms with Crippen LogP contribution in [0.5, 0.6) is 0 Å². The normalized spacial score (nSPS) is 17.3. The molecular formula is C17H24N6O3. The standard InChI is InChI=1S/C17H24N6O3/c1-4-12-9-14(20-19-12)16(24)23-7-8-26-13(11-23)10-22(3)15-17(25)21(2)6-5-18-15/h5-6,9,13H,4,7-8,10-11H2,1-3H3,(H,19,20)/t13-/m0/s1. The average molecular weight is 360 g/mol. The van der Waals surface area contributed by atoms with Crippen LogP contribution in [0, 0.1) is 0 Å². The van der Waals surface area contributed by atoms with Crippen molar-refractivity contribution < 1.29 is 9.53 Å². The molecular weight excluding hydrogens is 336 g/mol. The second kappa shape index (κ2) is 7.69. The van der Waals surface area contributed by atoms with Crippen molar-refractivity contribution in [3.63, 3.8) is 0 Å². The smallest absolute Gasteiger partial charge is 0.293 e. The zero-order valence-electron chi connectivity index (χ0n) is 15.3. The molecule has 3 rings (SSSR count). The molecule has 1 atom stereocenters. The molecule has 9 nitrogen and oxygen atoms in total. The molecule has 0 bridgehead atoms. The van der Waals surface area contributed by atoms with Crippen LogP contribution in [-0.2, 0) is 18.2 Å². The van der Waals surface area contributed by atoms with Gasteiger partial charge in [0, 0.05) is 51.8 Å². The van der Waals surface area contributed by atoms with E-state index in [-0.39, 0.29) is 17.6 Å². The Balaban J connectivity index is 1.65. The van der Waals surface area contributed by atoms with Crippen LogP contribution in [0.4, 0.5) is 5.82 Å². The Morgan fingerprint density at radius 3 is 3.04 bits per heavy atom. The molecule has 0 aliphatic carbocycles.